The van der Waals surface area contributed by atoms with E-state index in [1.165, 1.54) is 23.5 Å². The number of fused-ring (bicyclic) bond motifs is 1. The summed E-state index contributed by atoms with van der Waals surface area (Å²) in [6.45, 7) is 0. The van der Waals surface area contributed by atoms with Crippen molar-refractivity contribution in [2.75, 3.05) is 5.75 Å². The molecule has 0 aliphatic carbocycles. The van der Waals surface area contributed by atoms with Crippen molar-refractivity contribution in [2.24, 2.45) is 5.10 Å². The lowest BCUT2D eigenvalue weighted by atomic mass is 10.2. The molecule has 3 aliphatic heterocycles. The van der Waals surface area contributed by atoms with E-state index in [9.17, 15) is 15.0 Å². The molecule has 1 fully saturated rings. The number of amides is 1. The van der Waals surface area contributed by atoms with Gasteiger partial charge in [-0.25, -0.2) is 5.01 Å². The molecule has 3 aliphatic rings. The van der Waals surface area contributed by atoms with Crippen LogP contribution in [0.5, 0.6) is 11.5 Å². The van der Waals surface area contributed by atoms with Crippen molar-refractivity contribution in [3.8, 4) is 11.5 Å². The van der Waals surface area contributed by atoms with Crippen molar-refractivity contribution in [3.05, 3.63) is 70.1 Å². The lowest BCUT2D eigenvalue weighted by Crippen LogP contribution is -2.32. The molecule has 3 heterocycles. The molecule has 2 aromatic rings. The van der Waals surface area contributed by atoms with E-state index in [1.54, 1.807) is 40.9 Å². The topological polar surface area (TPSA) is 76.4 Å². The van der Waals surface area contributed by atoms with Crippen molar-refractivity contribution >= 4 is 46.4 Å². The molecule has 2 N–H and O–H groups in total. The number of carbonyl (C=O) groups excluding carboxylic acids is 1. The largest absolute Gasteiger partial charge is 0.508 e. The maximum Gasteiger partial charge on any atom is 0.239 e. The summed E-state index contributed by atoms with van der Waals surface area (Å²) in [6.07, 6.45) is 0. The van der Waals surface area contributed by atoms with Gasteiger partial charge in [-0.05, 0) is 35.5 Å². The molecule has 1 saturated heterocycles. The SMILES string of the molecule is O=C1CSC(c2ccccc2O)N1C1=NN2C(=CSC2c2ccc(O)cc2)S1. The zero-order valence-electron chi connectivity index (χ0n) is 14.4. The molecule has 0 bridgehead atoms. The zero-order chi connectivity index (χ0) is 19.3. The van der Waals surface area contributed by atoms with E-state index in [0.29, 0.717) is 16.5 Å². The molecule has 2 atom stereocenters. The molecule has 6 nitrogen and oxygen atoms in total. The molecule has 28 heavy (non-hydrogen) atoms. The fourth-order valence-electron chi connectivity index (χ4n) is 3.24. The number of carbonyl (C=O) groups is 1. The first-order valence-electron chi connectivity index (χ1n) is 8.53. The second-order valence-corrected chi connectivity index (χ2v) is 9.36. The first-order chi connectivity index (χ1) is 13.6. The number of phenols is 2. The first kappa shape index (κ1) is 17.8. The highest BCUT2D eigenvalue weighted by atomic mass is 32.2. The molecule has 0 aromatic heterocycles. The Morgan fingerprint density at radius 1 is 1.04 bits per heavy atom. The molecule has 2 aromatic carbocycles. The third-order valence-electron chi connectivity index (χ3n) is 4.59. The Kier molecular flexibility index (Phi) is 4.45. The summed E-state index contributed by atoms with van der Waals surface area (Å²) in [5.41, 5.74) is 1.74. The number of amidine groups is 1. The van der Waals surface area contributed by atoms with Crippen LogP contribution in [-0.2, 0) is 4.79 Å². The molecule has 1 amide bonds. The highest BCUT2D eigenvalue weighted by Gasteiger charge is 2.43. The number of hydrogen-bond acceptors (Lipinski definition) is 8. The molecule has 0 spiro atoms. The van der Waals surface area contributed by atoms with E-state index in [4.69, 9.17) is 5.10 Å². The summed E-state index contributed by atoms with van der Waals surface area (Å²) in [5.74, 6) is 0.749. The molecule has 2 unspecified atom stereocenters. The van der Waals surface area contributed by atoms with Gasteiger partial charge in [0.25, 0.3) is 0 Å². The predicted octanol–water partition coefficient (Wildman–Crippen LogP) is 4.24. The standard InChI is InChI=1S/C19H15N3O3S3/c23-12-7-5-11(6-8-12)17-22-16(10-27-17)28-19(20-22)21-15(25)9-26-18(21)13-3-1-2-4-14(13)24/h1-8,10,17-18,23-24H,9H2. The monoisotopic (exact) mass is 429 g/mol. The lowest BCUT2D eigenvalue weighted by molar-refractivity contribution is -0.124. The van der Waals surface area contributed by atoms with Crippen molar-refractivity contribution < 1.29 is 15.0 Å². The number of rotatable bonds is 2. The van der Waals surface area contributed by atoms with Crippen LogP contribution in [0.3, 0.4) is 0 Å². The molecule has 5 rings (SSSR count). The van der Waals surface area contributed by atoms with E-state index in [0.717, 1.165) is 10.6 Å². The summed E-state index contributed by atoms with van der Waals surface area (Å²) in [7, 11) is 0. The van der Waals surface area contributed by atoms with Gasteiger partial charge in [-0.15, -0.1) is 16.9 Å². The van der Waals surface area contributed by atoms with Gasteiger partial charge in [0, 0.05) is 11.0 Å². The Balaban J connectivity index is 1.45. The summed E-state index contributed by atoms with van der Waals surface area (Å²) >= 11 is 4.60. The maximum absolute atomic E-state index is 12.6. The minimum Gasteiger partial charge on any atom is -0.508 e. The van der Waals surface area contributed by atoms with Gasteiger partial charge < -0.3 is 10.2 Å². The summed E-state index contributed by atoms with van der Waals surface area (Å²) in [4.78, 5) is 14.3. The Hall–Kier alpha value is -2.23. The van der Waals surface area contributed by atoms with Crippen molar-refractivity contribution in [2.45, 2.75) is 10.7 Å². The number of thioether (sulfide) groups is 3. The fourth-order valence-corrected chi connectivity index (χ4v) is 6.72. The summed E-state index contributed by atoms with van der Waals surface area (Å²) < 4.78 is 0. The van der Waals surface area contributed by atoms with Crippen LogP contribution < -0.4 is 0 Å². The average molecular weight is 430 g/mol. The summed E-state index contributed by atoms with van der Waals surface area (Å²) in [5, 5.41) is 29.7. The van der Waals surface area contributed by atoms with Gasteiger partial charge in [0.2, 0.25) is 5.91 Å². The lowest BCUT2D eigenvalue weighted by Gasteiger charge is -2.23. The average Bonchev–Trinajstić information content (AvgIpc) is 3.37. The number of benzene rings is 2. The van der Waals surface area contributed by atoms with Crippen molar-refractivity contribution in [3.63, 3.8) is 0 Å². The number of nitrogens with zero attached hydrogens (tertiary/aromatic N) is 3. The van der Waals surface area contributed by atoms with Gasteiger partial charge in [-0.1, -0.05) is 42.1 Å². The van der Waals surface area contributed by atoms with Gasteiger partial charge in [0.05, 0.1) is 5.75 Å². The minimum atomic E-state index is -0.291. The zero-order valence-corrected chi connectivity index (χ0v) is 16.9. The van der Waals surface area contributed by atoms with Gasteiger partial charge >= 0.3 is 0 Å². The second-order valence-electron chi connectivity index (χ2n) is 6.35. The molecular formula is C19H15N3O3S3. The number of para-hydroxylation sites is 1. The van der Waals surface area contributed by atoms with Gasteiger partial charge in [0.15, 0.2) is 5.17 Å². The fraction of sp³-hybridized carbons (Fsp3) is 0.158. The van der Waals surface area contributed by atoms with Crippen LogP contribution in [0.25, 0.3) is 0 Å². The van der Waals surface area contributed by atoms with Crippen LogP contribution in [-0.4, -0.2) is 36.9 Å². The summed E-state index contributed by atoms with van der Waals surface area (Å²) in [6, 6.07) is 14.2. The number of hydrazone groups is 1. The number of hydrogen-bond donors (Lipinski definition) is 2. The van der Waals surface area contributed by atoms with Crippen LogP contribution in [0.2, 0.25) is 0 Å². The van der Waals surface area contributed by atoms with E-state index in [2.05, 4.69) is 0 Å². The molecule has 142 valence electrons. The Morgan fingerprint density at radius 2 is 1.82 bits per heavy atom. The van der Waals surface area contributed by atoms with Gasteiger partial charge in [-0.2, -0.15) is 0 Å². The second kappa shape index (κ2) is 6.98. The predicted molar refractivity (Wildman–Crippen MR) is 114 cm³/mol. The Morgan fingerprint density at radius 3 is 2.61 bits per heavy atom. The first-order valence-corrected chi connectivity index (χ1v) is 11.3. The van der Waals surface area contributed by atoms with E-state index >= 15 is 0 Å². The van der Waals surface area contributed by atoms with Crippen molar-refractivity contribution in [1.29, 1.82) is 0 Å². The van der Waals surface area contributed by atoms with Gasteiger partial charge in [0.1, 0.15) is 27.3 Å². The van der Waals surface area contributed by atoms with Crippen LogP contribution in [0.1, 0.15) is 21.9 Å². The molecule has 0 radical (unpaired) electrons. The highest BCUT2D eigenvalue weighted by Crippen LogP contribution is 2.53. The minimum absolute atomic E-state index is 0.0138. The molecular weight excluding hydrogens is 414 g/mol. The smallest absolute Gasteiger partial charge is 0.239 e. The molecule has 0 saturated carbocycles. The van der Waals surface area contributed by atoms with Crippen molar-refractivity contribution in [1.82, 2.24) is 9.91 Å². The Labute approximate surface area is 174 Å². The number of aromatic hydroxyl groups is 2. The third-order valence-corrected chi connectivity index (χ3v) is 8.00. The number of phenolic OH excluding ortho intramolecular Hbond substituents is 2. The highest BCUT2D eigenvalue weighted by molar-refractivity contribution is 8.18. The van der Waals surface area contributed by atoms with E-state index in [1.807, 2.05) is 34.7 Å². The van der Waals surface area contributed by atoms with Crippen LogP contribution in [0.15, 0.2) is 64.1 Å². The molecule has 9 heteroatoms. The van der Waals surface area contributed by atoms with Crippen LogP contribution >= 0.6 is 35.3 Å². The maximum atomic E-state index is 12.6. The third kappa shape index (κ3) is 2.94. The Bertz CT molecular complexity index is 1010. The normalized spacial score (nSPS) is 23.8. The van der Waals surface area contributed by atoms with Crippen LogP contribution in [0, 0.1) is 0 Å². The van der Waals surface area contributed by atoms with E-state index < -0.39 is 0 Å². The van der Waals surface area contributed by atoms with Gasteiger partial charge in [-0.3, -0.25) is 9.69 Å². The van der Waals surface area contributed by atoms with E-state index in [-0.39, 0.29) is 28.2 Å². The van der Waals surface area contributed by atoms with Crippen LogP contribution in [0.4, 0.5) is 0 Å². The quantitative estimate of drug-likeness (QED) is 0.740.